The van der Waals surface area contributed by atoms with E-state index in [1.165, 1.54) is 0 Å². The maximum Gasteiger partial charge on any atom is 0.228 e. The number of benzene rings is 1. The molecule has 33 heavy (non-hydrogen) atoms. The van der Waals surface area contributed by atoms with Crippen molar-refractivity contribution in [2.24, 2.45) is 7.05 Å². The number of nitrogens with one attached hydrogen (secondary N) is 2. The predicted octanol–water partition coefficient (Wildman–Crippen LogP) is 3.60. The summed E-state index contributed by atoms with van der Waals surface area (Å²) < 4.78 is 9.80. The monoisotopic (exact) mass is 439 g/mol. The number of hydrogen-bond acceptors (Lipinski definition) is 8. The topological polar surface area (TPSA) is 107 Å². The van der Waals surface area contributed by atoms with E-state index in [1.807, 2.05) is 66.0 Å². The van der Waals surface area contributed by atoms with Gasteiger partial charge in [-0.05, 0) is 24.3 Å². The summed E-state index contributed by atoms with van der Waals surface area (Å²) in [4.78, 5) is 9.00. The Morgan fingerprint density at radius 1 is 1.03 bits per heavy atom. The van der Waals surface area contributed by atoms with E-state index in [0.717, 1.165) is 35.0 Å². The van der Waals surface area contributed by atoms with E-state index in [-0.39, 0.29) is 6.04 Å². The molecule has 4 aromatic heterocycles. The van der Waals surface area contributed by atoms with Crippen molar-refractivity contribution in [3.05, 3.63) is 72.8 Å². The fraction of sp³-hybridized carbons (Fsp3) is 0.174. The molecule has 0 aliphatic carbocycles. The molecule has 1 aromatic carbocycles. The molecule has 164 valence electrons. The van der Waals surface area contributed by atoms with E-state index in [2.05, 4.69) is 35.9 Å². The maximum atomic E-state index is 6.11. The lowest BCUT2D eigenvalue weighted by atomic mass is 10.1. The van der Waals surface area contributed by atoms with E-state index in [9.17, 15) is 0 Å². The summed E-state index contributed by atoms with van der Waals surface area (Å²) in [5.41, 5.74) is 3.37. The van der Waals surface area contributed by atoms with Crippen LogP contribution in [0.25, 0.3) is 16.9 Å². The molecule has 0 spiro atoms. The van der Waals surface area contributed by atoms with Gasteiger partial charge in [-0.2, -0.15) is 5.10 Å². The van der Waals surface area contributed by atoms with Crippen LogP contribution in [0.15, 0.2) is 67.0 Å². The Kier molecular flexibility index (Phi) is 4.60. The van der Waals surface area contributed by atoms with Crippen molar-refractivity contribution < 1.29 is 4.74 Å². The molecular weight excluding hydrogens is 418 g/mol. The van der Waals surface area contributed by atoms with E-state index >= 15 is 0 Å². The van der Waals surface area contributed by atoms with Gasteiger partial charge in [-0.1, -0.05) is 18.2 Å². The fourth-order valence-electron chi connectivity index (χ4n) is 3.96. The minimum absolute atomic E-state index is 0.0109. The predicted molar refractivity (Wildman–Crippen MR) is 123 cm³/mol. The molecule has 5 heterocycles. The summed E-state index contributed by atoms with van der Waals surface area (Å²) >= 11 is 0. The first-order valence-electron chi connectivity index (χ1n) is 10.7. The first kappa shape index (κ1) is 19.2. The third-order valence-corrected chi connectivity index (χ3v) is 5.59. The van der Waals surface area contributed by atoms with Crippen molar-refractivity contribution in [1.29, 1.82) is 0 Å². The second-order valence-corrected chi connectivity index (χ2v) is 7.76. The van der Waals surface area contributed by atoms with Gasteiger partial charge >= 0.3 is 0 Å². The molecule has 1 aliphatic heterocycles. The Labute approximate surface area is 189 Å². The van der Waals surface area contributed by atoms with Crippen LogP contribution in [-0.2, 0) is 7.05 Å². The van der Waals surface area contributed by atoms with E-state index in [1.54, 1.807) is 17.1 Å². The van der Waals surface area contributed by atoms with Crippen molar-refractivity contribution in [1.82, 2.24) is 34.3 Å². The summed E-state index contributed by atoms with van der Waals surface area (Å²) in [6.45, 7) is 0.559. The van der Waals surface area contributed by atoms with Crippen LogP contribution in [0.4, 0.5) is 17.5 Å². The molecule has 0 fully saturated rings. The van der Waals surface area contributed by atoms with Gasteiger partial charge in [-0.3, -0.25) is 4.68 Å². The molecule has 0 saturated heterocycles. The second-order valence-electron chi connectivity index (χ2n) is 7.76. The van der Waals surface area contributed by atoms with Crippen LogP contribution in [0.3, 0.4) is 0 Å². The molecule has 5 aromatic rings. The summed E-state index contributed by atoms with van der Waals surface area (Å²) in [6, 6.07) is 17.7. The zero-order valence-corrected chi connectivity index (χ0v) is 17.9. The Hall–Kier alpha value is -4.47. The number of nitrogens with zero attached hydrogens (tertiary/aromatic N) is 7. The van der Waals surface area contributed by atoms with Crippen LogP contribution in [0.2, 0.25) is 0 Å². The molecule has 1 atom stereocenters. The van der Waals surface area contributed by atoms with Crippen molar-refractivity contribution >= 4 is 23.1 Å². The van der Waals surface area contributed by atoms with Crippen molar-refractivity contribution in [2.75, 3.05) is 17.2 Å². The number of pyridine rings is 1. The standard InChI is InChI=1S/C23H21N9O/c1-31-19(8-11-25-31)28-23-24-10-7-17(27-23)15-13-20-29-30-22-18(26-16-5-3-2-4-6-16)9-12-33-21(14-15)32(20)22/h2-8,10-11,13-14,18,26H,9,12H2,1H3,(H,24,27,28). The van der Waals surface area contributed by atoms with Crippen LogP contribution < -0.4 is 15.4 Å². The van der Waals surface area contributed by atoms with Gasteiger partial charge in [0.05, 0.1) is 24.5 Å². The minimum atomic E-state index is -0.0109. The zero-order valence-electron chi connectivity index (χ0n) is 17.9. The Bertz CT molecular complexity index is 1430. The van der Waals surface area contributed by atoms with Gasteiger partial charge in [0.15, 0.2) is 11.5 Å². The van der Waals surface area contributed by atoms with Crippen LogP contribution in [-0.4, -0.2) is 41.0 Å². The average Bonchev–Trinajstić information content (AvgIpc) is 3.40. The normalized spacial score (nSPS) is 15.1. The molecule has 6 rings (SSSR count). The maximum absolute atomic E-state index is 6.11. The average molecular weight is 439 g/mol. The van der Waals surface area contributed by atoms with Gasteiger partial charge in [0.1, 0.15) is 5.82 Å². The third kappa shape index (κ3) is 3.61. The first-order chi connectivity index (χ1) is 16.2. The molecule has 0 saturated carbocycles. The Balaban J connectivity index is 1.35. The number of rotatable bonds is 5. The van der Waals surface area contributed by atoms with Gasteiger partial charge < -0.3 is 15.4 Å². The number of ether oxygens (including phenoxy) is 1. The van der Waals surface area contributed by atoms with Crippen molar-refractivity contribution in [2.45, 2.75) is 12.5 Å². The lowest BCUT2D eigenvalue weighted by Gasteiger charge is -2.15. The number of para-hydroxylation sites is 1. The molecule has 1 aliphatic rings. The lowest BCUT2D eigenvalue weighted by Crippen LogP contribution is -2.14. The number of aryl methyl sites for hydroxylation is 1. The van der Waals surface area contributed by atoms with E-state index in [4.69, 9.17) is 4.74 Å². The summed E-state index contributed by atoms with van der Waals surface area (Å²) in [5.74, 6) is 2.81. The highest BCUT2D eigenvalue weighted by atomic mass is 16.5. The fourth-order valence-corrected chi connectivity index (χ4v) is 3.96. The number of aromatic nitrogens is 7. The quantitative estimate of drug-likeness (QED) is 0.428. The number of hydrogen-bond donors (Lipinski definition) is 2. The third-order valence-electron chi connectivity index (χ3n) is 5.59. The van der Waals surface area contributed by atoms with E-state index in [0.29, 0.717) is 24.1 Å². The second kappa shape index (κ2) is 7.90. The van der Waals surface area contributed by atoms with Crippen molar-refractivity contribution in [3.8, 4) is 17.1 Å². The molecule has 1 unspecified atom stereocenters. The van der Waals surface area contributed by atoms with Gasteiger partial charge in [0.25, 0.3) is 0 Å². The molecule has 0 amide bonds. The molecule has 0 radical (unpaired) electrons. The van der Waals surface area contributed by atoms with Gasteiger partial charge in [0, 0.05) is 43.0 Å². The zero-order chi connectivity index (χ0) is 22.2. The summed E-state index contributed by atoms with van der Waals surface area (Å²) in [7, 11) is 1.86. The minimum Gasteiger partial charge on any atom is -0.478 e. The van der Waals surface area contributed by atoms with Crippen LogP contribution in [0.5, 0.6) is 5.88 Å². The smallest absolute Gasteiger partial charge is 0.228 e. The van der Waals surface area contributed by atoms with Crippen molar-refractivity contribution in [3.63, 3.8) is 0 Å². The highest BCUT2D eigenvalue weighted by Crippen LogP contribution is 2.32. The van der Waals surface area contributed by atoms with E-state index < -0.39 is 0 Å². The molecule has 2 N–H and O–H groups in total. The Morgan fingerprint density at radius 2 is 1.94 bits per heavy atom. The lowest BCUT2D eigenvalue weighted by molar-refractivity contribution is 0.300. The van der Waals surface area contributed by atoms with Crippen LogP contribution >= 0.6 is 0 Å². The largest absolute Gasteiger partial charge is 0.478 e. The molecule has 10 nitrogen and oxygen atoms in total. The summed E-state index contributed by atoms with van der Waals surface area (Å²) in [5, 5.41) is 19.8. The SMILES string of the molecule is Cn1nccc1Nc1nccc(-c2cc3n4c(nnc4c2)C(Nc2ccccc2)CCO3)n1. The van der Waals surface area contributed by atoms with Gasteiger partial charge in [-0.25, -0.2) is 14.4 Å². The van der Waals surface area contributed by atoms with Gasteiger partial charge in [-0.15, -0.1) is 10.2 Å². The first-order valence-corrected chi connectivity index (χ1v) is 10.7. The van der Waals surface area contributed by atoms with Crippen LogP contribution in [0, 0.1) is 0 Å². The number of anilines is 3. The molecule has 10 heteroatoms. The van der Waals surface area contributed by atoms with Crippen LogP contribution in [0.1, 0.15) is 18.3 Å². The molecule has 0 bridgehead atoms. The Morgan fingerprint density at radius 3 is 2.79 bits per heavy atom. The summed E-state index contributed by atoms with van der Waals surface area (Å²) in [6.07, 6.45) is 4.21. The highest BCUT2D eigenvalue weighted by Gasteiger charge is 2.25. The van der Waals surface area contributed by atoms with Gasteiger partial charge in [0.2, 0.25) is 11.8 Å². The molecular formula is C23H21N9O. The highest BCUT2D eigenvalue weighted by molar-refractivity contribution is 5.67.